The number of carbonyl (C=O) groups is 1. The highest BCUT2D eigenvalue weighted by atomic mass is 35.5. The lowest BCUT2D eigenvalue weighted by Gasteiger charge is -2.48. The predicted molar refractivity (Wildman–Crippen MR) is 199 cm³/mol. The average Bonchev–Trinajstić information content (AvgIpc) is 3.09. The highest BCUT2D eigenvalue weighted by Gasteiger charge is 2.44. The number of carbonyl (C=O) groups excluding carboxylic acids is 1. The molecule has 0 spiro atoms. The Kier molecular flexibility index (Phi) is 12.4. The molecule has 2 aromatic rings. The van der Waals surface area contributed by atoms with Crippen LogP contribution in [0.15, 0.2) is 36.4 Å². The molecule has 50 heavy (non-hydrogen) atoms. The number of rotatable bonds is 3. The van der Waals surface area contributed by atoms with Gasteiger partial charge in [-0.1, -0.05) is 37.9 Å². The number of likely N-dealkylation sites (N-methyl/N-ethyl adjacent to an activating group) is 1. The van der Waals surface area contributed by atoms with E-state index in [1.54, 1.807) is 13.0 Å². The molecule has 2 bridgehead atoms. The fraction of sp³-hybridized carbons (Fsp3) is 0.667. The molecule has 1 N–H and O–H groups in total. The van der Waals surface area contributed by atoms with Gasteiger partial charge in [-0.05, 0) is 125 Å². The van der Waals surface area contributed by atoms with Crippen molar-refractivity contribution in [1.82, 2.24) is 9.62 Å². The average molecular weight is 730 g/mol. The van der Waals surface area contributed by atoms with Crippen molar-refractivity contribution < 1.29 is 27.4 Å². The van der Waals surface area contributed by atoms with Gasteiger partial charge in [0.2, 0.25) is 10.0 Å². The fourth-order valence-corrected chi connectivity index (χ4v) is 9.79. The molecule has 3 heterocycles. The summed E-state index contributed by atoms with van der Waals surface area (Å²) in [6.07, 6.45) is 8.14. The number of benzene rings is 2. The van der Waals surface area contributed by atoms with Gasteiger partial charge >= 0.3 is 0 Å². The van der Waals surface area contributed by atoms with Crippen LogP contribution < -0.4 is 14.4 Å². The van der Waals surface area contributed by atoms with Gasteiger partial charge in [0, 0.05) is 36.0 Å². The lowest BCUT2D eigenvalue weighted by molar-refractivity contribution is -0.241. The molecule has 0 unspecified atom stereocenters. The van der Waals surface area contributed by atoms with Crippen LogP contribution in [0.5, 0.6) is 5.75 Å². The molecule has 6 rings (SSSR count). The summed E-state index contributed by atoms with van der Waals surface area (Å²) < 4.78 is 48.9. The predicted octanol–water partition coefficient (Wildman–Crippen LogP) is 6.71. The molecule has 2 fully saturated rings. The first kappa shape index (κ1) is 37.4. The quantitative estimate of drug-likeness (QED) is 0.373. The molecule has 1 saturated carbocycles. The van der Waals surface area contributed by atoms with Crippen molar-refractivity contribution >= 4 is 33.2 Å². The van der Waals surface area contributed by atoms with Crippen LogP contribution in [0.3, 0.4) is 0 Å². The number of anilines is 1. The van der Waals surface area contributed by atoms with E-state index < -0.39 is 21.2 Å². The van der Waals surface area contributed by atoms with E-state index in [1.165, 1.54) is 11.1 Å². The van der Waals surface area contributed by atoms with Crippen LogP contribution in [0.4, 0.5) is 5.69 Å². The second-order valence-electron chi connectivity index (χ2n) is 15.1. The van der Waals surface area contributed by atoms with Gasteiger partial charge in [-0.15, -0.1) is 0 Å². The normalized spacial score (nSPS) is 31.1. The topological polar surface area (TPSA) is 97.4 Å². The van der Waals surface area contributed by atoms with Gasteiger partial charge in [-0.25, -0.2) is 13.1 Å². The Morgan fingerprint density at radius 3 is 2.48 bits per heavy atom. The Morgan fingerprint density at radius 1 is 0.940 bits per heavy atom. The molecule has 2 aromatic carbocycles. The lowest BCUT2D eigenvalue weighted by atomic mass is 9.65. The maximum absolute atomic E-state index is 13.5. The largest absolute Gasteiger partial charge is 0.491 e. The molecular formula is C39H56ClN3O6S. The number of hydrogen-bond acceptors (Lipinski definition) is 8. The third-order valence-electron chi connectivity index (χ3n) is 12.1. The molecule has 3 aliphatic heterocycles. The van der Waals surface area contributed by atoms with Crippen molar-refractivity contribution in [2.75, 3.05) is 51.4 Å². The number of amides is 1. The summed E-state index contributed by atoms with van der Waals surface area (Å²) in [5.41, 5.74) is 3.67. The summed E-state index contributed by atoms with van der Waals surface area (Å²) in [5, 5.41) is 0.0353. The second-order valence-corrected chi connectivity index (χ2v) is 17.6. The van der Waals surface area contributed by atoms with E-state index in [4.69, 9.17) is 25.8 Å². The third kappa shape index (κ3) is 8.63. The Labute approximate surface area is 304 Å². The van der Waals surface area contributed by atoms with Gasteiger partial charge in [0.25, 0.3) is 5.91 Å². The summed E-state index contributed by atoms with van der Waals surface area (Å²) in [6.45, 7) is 10.2. The second kappa shape index (κ2) is 16.5. The summed E-state index contributed by atoms with van der Waals surface area (Å²) in [4.78, 5) is 18.2. The molecule has 1 saturated heterocycles. The number of nitrogens with zero attached hydrogens (tertiary/aromatic N) is 2. The van der Waals surface area contributed by atoms with E-state index in [0.29, 0.717) is 43.0 Å². The van der Waals surface area contributed by atoms with Gasteiger partial charge in [0.05, 0.1) is 36.8 Å². The molecular weight excluding hydrogens is 674 g/mol. The first-order valence-electron chi connectivity index (χ1n) is 18.8. The Hall–Kier alpha value is -2.37. The maximum Gasteiger partial charge on any atom is 0.264 e. The first-order chi connectivity index (χ1) is 24.0. The molecule has 4 aliphatic rings. The van der Waals surface area contributed by atoms with E-state index in [0.717, 1.165) is 88.1 Å². The van der Waals surface area contributed by atoms with Crippen LogP contribution >= 0.6 is 11.6 Å². The minimum Gasteiger partial charge on any atom is -0.491 e. The number of hydrogen-bond donors (Lipinski definition) is 1. The Bertz CT molecular complexity index is 1580. The van der Waals surface area contributed by atoms with Crippen molar-refractivity contribution in [1.29, 1.82) is 0 Å². The summed E-state index contributed by atoms with van der Waals surface area (Å²) in [5.74, 6) is 1.08. The Balaban J connectivity index is 1.32. The number of aryl methyl sites for hydroxylation is 1. The van der Waals surface area contributed by atoms with E-state index in [-0.39, 0.29) is 24.2 Å². The van der Waals surface area contributed by atoms with Gasteiger partial charge in [-0.3, -0.25) is 9.69 Å². The minimum absolute atomic E-state index is 0.122. The molecule has 9 nitrogen and oxygen atoms in total. The fourth-order valence-electron chi connectivity index (χ4n) is 8.28. The Morgan fingerprint density at radius 2 is 1.74 bits per heavy atom. The molecule has 1 aliphatic carbocycles. The van der Waals surface area contributed by atoms with E-state index in [9.17, 15) is 13.2 Å². The van der Waals surface area contributed by atoms with Crippen LogP contribution in [0.1, 0.15) is 87.2 Å². The monoisotopic (exact) mass is 729 g/mol. The SMILES string of the molecule is CCN(C)C1COC([C@H]2CCC[C@H](C)[C@@H](C)S(=O)(=O)NC(=O)c3ccc4c(c3)N(CCCCc3cc(Cl)ccc3CCO4)C[C@@H]3CC[C@H]32)OC1. The molecule has 1 amide bonds. The van der Waals surface area contributed by atoms with Crippen molar-refractivity contribution in [2.24, 2.45) is 23.7 Å². The summed E-state index contributed by atoms with van der Waals surface area (Å²) in [7, 11) is -1.79. The number of sulfonamides is 1. The number of nitrogens with one attached hydrogen (secondary N) is 1. The van der Waals surface area contributed by atoms with Crippen molar-refractivity contribution in [2.45, 2.75) is 96.1 Å². The zero-order valence-electron chi connectivity index (χ0n) is 30.2. The van der Waals surface area contributed by atoms with Crippen LogP contribution in [-0.2, 0) is 32.3 Å². The van der Waals surface area contributed by atoms with E-state index >= 15 is 0 Å². The number of halogens is 1. The molecule has 0 aromatic heterocycles. The maximum atomic E-state index is 13.5. The number of ether oxygens (including phenoxy) is 3. The van der Waals surface area contributed by atoms with Gasteiger partial charge in [-0.2, -0.15) is 0 Å². The van der Waals surface area contributed by atoms with E-state index in [1.807, 2.05) is 25.1 Å². The number of fused-ring (bicyclic) bond motifs is 3. The minimum atomic E-state index is -3.90. The third-order valence-corrected chi connectivity index (χ3v) is 14.2. The summed E-state index contributed by atoms with van der Waals surface area (Å²) in [6, 6.07) is 11.7. The van der Waals surface area contributed by atoms with Crippen molar-refractivity contribution in [3.8, 4) is 5.75 Å². The zero-order valence-corrected chi connectivity index (χ0v) is 31.8. The van der Waals surface area contributed by atoms with Gasteiger partial charge < -0.3 is 19.1 Å². The lowest BCUT2D eigenvalue weighted by Crippen LogP contribution is -2.51. The molecule has 0 radical (unpaired) electrons. The first-order valence-corrected chi connectivity index (χ1v) is 20.7. The smallest absolute Gasteiger partial charge is 0.264 e. The highest BCUT2D eigenvalue weighted by molar-refractivity contribution is 7.90. The molecule has 5 atom stereocenters. The van der Waals surface area contributed by atoms with Crippen LogP contribution in [-0.4, -0.2) is 83.3 Å². The molecule has 11 heteroatoms. The summed E-state index contributed by atoms with van der Waals surface area (Å²) >= 11 is 6.40. The van der Waals surface area contributed by atoms with Crippen LogP contribution in [0.25, 0.3) is 0 Å². The van der Waals surface area contributed by atoms with Gasteiger partial charge in [0.15, 0.2) is 6.29 Å². The standard InChI is InChI=1S/C39H56ClN3O6S/c1-5-42(4)33-24-48-39(49-25-33)35-11-8-9-26(2)27(3)50(45,46)41-38(44)30-14-17-37-36(22-30)43(23-31-13-16-34(31)35)19-7-6-10-29-21-32(40)15-12-28(29)18-20-47-37/h12,14-15,17,21-22,26-27,31,33-35,39H,5-11,13,16,18-20,23-25H2,1-4H3,(H,41,44)/t26-,27+,31-,33?,34+,35-,39?/m0/s1. The zero-order chi connectivity index (χ0) is 35.4. The van der Waals surface area contributed by atoms with Crippen LogP contribution in [0.2, 0.25) is 5.02 Å². The van der Waals surface area contributed by atoms with E-state index in [2.05, 4.69) is 40.6 Å². The molecule has 276 valence electrons. The van der Waals surface area contributed by atoms with Crippen molar-refractivity contribution in [3.63, 3.8) is 0 Å². The van der Waals surface area contributed by atoms with Crippen LogP contribution in [0, 0.1) is 23.7 Å². The van der Waals surface area contributed by atoms with Crippen molar-refractivity contribution in [3.05, 3.63) is 58.1 Å². The highest BCUT2D eigenvalue weighted by Crippen LogP contribution is 2.46. The van der Waals surface area contributed by atoms with Gasteiger partial charge in [0.1, 0.15) is 5.75 Å².